The van der Waals surface area contributed by atoms with E-state index in [9.17, 15) is 5.11 Å². The normalized spacial score (nSPS) is 15.1. The van der Waals surface area contributed by atoms with Crippen LogP contribution in [0.1, 0.15) is 38.8 Å². The van der Waals surface area contributed by atoms with E-state index in [0.29, 0.717) is 6.42 Å². The summed E-state index contributed by atoms with van der Waals surface area (Å²) in [4.78, 5) is 0. The molecule has 0 radical (unpaired) electrons. The lowest BCUT2D eigenvalue weighted by atomic mass is 9.83. The molecule has 1 unspecified atom stereocenters. The smallest absolute Gasteiger partial charge is 0.0816 e. The fourth-order valence-corrected chi connectivity index (χ4v) is 1.70. The number of benzene rings is 1. The van der Waals surface area contributed by atoms with Crippen LogP contribution in [0.4, 0.5) is 0 Å². The standard InChI is InChI=1S/C15H21NO/c1-14(2,3)13-7-5-12(6-8-13)9-15(4,10-16)11-17/h5-8,17H,9,11H2,1-4H3. The molecule has 2 heteroatoms. The third-order valence-corrected chi connectivity index (χ3v) is 3.03. The summed E-state index contributed by atoms with van der Waals surface area (Å²) in [5.74, 6) is 0. The largest absolute Gasteiger partial charge is 0.395 e. The Hall–Kier alpha value is -1.33. The Balaban J connectivity index is 2.87. The maximum atomic E-state index is 9.21. The summed E-state index contributed by atoms with van der Waals surface area (Å²) in [5.41, 5.74) is 1.84. The van der Waals surface area contributed by atoms with Gasteiger partial charge in [0.15, 0.2) is 0 Å². The van der Waals surface area contributed by atoms with Crippen molar-refractivity contribution in [2.75, 3.05) is 6.61 Å². The van der Waals surface area contributed by atoms with Gasteiger partial charge in [-0.1, -0.05) is 45.0 Å². The lowest BCUT2D eigenvalue weighted by molar-refractivity contribution is 0.190. The second kappa shape index (κ2) is 4.89. The number of aliphatic hydroxyl groups is 1. The van der Waals surface area contributed by atoms with Gasteiger partial charge in [0.25, 0.3) is 0 Å². The topological polar surface area (TPSA) is 44.0 Å². The van der Waals surface area contributed by atoms with Crippen molar-refractivity contribution in [3.63, 3.8) is 0 Å². The van der Waals surface area contributed by atoms with Crippen LogP contribution in [0.2, 0.25) is 0 Å². The molecule has 1 aromatic rings. The maximum absolute atomic E-state index is 9.21. The zero-order valence-corrected chi connectivity index (χ0v) is 11.1. The van der Waals surface area contributed by atoms with Crippen LogP contribution in [0.25, 0.3) is 0 Å². The molecule has 0 heterocycles. The van der Waals surface area contributed by atoms with Crippen molar-refractivity contribution in [3.05, 3.63) is 35.4 Å². The molecule has 0 aromatic heterocycles. The van der Waals surface area contributed by atoms with Gasteiger partial charge in [0.2, 0.25) is 0 Å². The summed E-state index contributed by atoms with van der Waals surface area (Å²) < 4.78 is 0. The Kier molecular flexibility index (Phi) is 3.95. The second-order valence-electron chi connectivity index (χ2n) is 5.95. The third kappa shape index (κ3) is 3.57. The van der Waals surface area contributed by atoms with Crippen molar-refractivity contribution in [1.29, 1.82) is 5.26 Å². The van der Waals surface area contributed by atoms with Crippen LogP contribution >= 0.6 is 0 Å². The summed E-state index contributed by atoms with van der Waals surface area (Å²) in [6.45, 7) is 8.20. The molecule has 0 bridgehead atoms. The number of rotatable bonds is 3. The Morgan fingerprint density at radius 1 is 1.12 bits per heavy atom. The minimum Gasteiger partial charge on any atom is -0.395 e. The van der Waals surface area contributed by atoms with Crippen LogP contribution < -0.4 is 0 Å². The molecule has 0 saturated carbocycles. The first-order valence-corrected chi connectivity index (χ1v) is 5.92. The molecule has 1 N–H and O–H groups in total. The van der Waals surface area contributed by atoms with Crippen molar-refractivity contribution >= 4 is 0 Å². The predicted octanol–water partition coefficient (Wildman–Crippen LogP) is 3.05. The molecule has 17 heavy (non-hydrogen) atoms. The lowest BCUT2D eigenvalue weighted by Crippen LogP contribution is -2.22. The van der Waals surface area contributed by atoms with Gasteiger partial charge in [0.05, 0.1) is 18.1 Å². The highest BCUT2D eigenvalue weighted by molar-refractivity contribution is 5.28. The van der Waals surface area contributed by atoms with E-state index in [1.165, 1.54) is 5.56 Å². The molecule has 1 aromatic carbocycles. The van der Waals surface area contributed by atoms with Gasteiger partial charge >= 0.3 is 0 Å². The Bertz CT molecular complexity index is 408. The number of hydrogen-bond donors (Lipinski definition) is 1. The molecule has 2 nitrogen and oxygen atoms in total. The zero-order valence-electron chi connectivity index (χ0n) is 11.1. The number of nitrogens with zero attached hydrogens (tertiary/aromatic N) is 1. The van der Waals surface area contributed by atoms with Gasteiger partial charge in [-0.25, -0.2) is 0 Å². The Morgan fingerprint density at radius 2 is 1.65 bits per heavy atom. The van der Waals surface area contributed by atoms with E-state index in [4.69, 9.17) is 5.26 Å². The number of hydrogen-bond acceptors (Lipinski definition) is 2. The van der Waals surface area contributed by atoms with E-state index in [-0.39, 0.29) is 12.0 Å². The number of aliphatic hydroxyl groups excluding tert-OH is 1. The van der Waals surface area contributed by atoms with Crippen molar-refractivity contribution in [3.8, 4) is 6.07 Å². The summed E-state index contributed by atoms with van der Waals surface area (Å²) in [6, 6.07) is 10.5. The summed E-state index contributed by atoms with van der Waals surface area (Å²) in [7, 11) is 0. The molecule has 0 spiro atoms. The molecule has 0 aliphatic carbocycles. The quantitative estimate of drug-likeness (QED) is 0.869. The highest BCUT2D eigenvalue weighted by atomic mass is 16.3. The van der Waals surface area contributed by atoms with Crippen LogP contribution in [0.5, 0.6) is 0 Å². The highest BCUT2D eigenvalue weighted by Crippen LogP contribution is 2.25. The highest BCUT2D eigenvalue weighted by Gasteiger charge is 2.23. The van der Waals surface area contributed by atoms with Gasteiger partial charge in [0.1, 0.15) is 0 Å². The lowest BCUT2D eigenvalue weighted by Gasteiger charge is -2.21. The molecular formula is C15H21NO. The second-order valence-corrected chi connectivity index (χ2v) is 5.95. The number of nitriles is 1. The van der Waals surface area contributed by atoms with Gasteiger partial charge in [0, 0.05) is 0 Å². The van der Waals surface area contributed by atoms with Crippen LogP contribution in [0, 0.1) is 16.7 Å². The first kappa shape index (κ1) is 13.7. The molecule has 92 valence electrons. The average Bonchev–Trinajstić information content (AvgIpc) is 2.28. The van der Waals surface area contributed by atoms with E-state index >= 15 is 0 Å². The van der Waals surface area contributed by atoms with E-state index in [1.54, 1.807) is 6.92 Å². The van der Waals surface area contributed by atoms with E-state index in [1.807, 2.05) is 12.1 Å². The van der Waals surface area contributed by atoms with Gasteiger partial charge in [-0.3, -0.25) is 0 Å². The Morgan fingerprint density at radius 3 is 2.00 bits per heavy atom. The minimum absolute atomic E-state index is 0.107. The average molecular weight is 231 g/mol. The molecular weight excluding hydrogens is 210 g/mol. The van der Waals surface area contributed by atoms with Crippen LogP contribution in [0.15, 0.2) is 24.3 Å². The van der Waals surface area contributed by atoms with Gasteiger partial charge < -0.3 is 5.11 Å². The first-order valence-electron chi connectivity index (χ1n) is 5.92. The fourth-order valence-electron chi connectivity index (χ4n) is 1.70. The summed E-state index contributed by atoms with van der Waals surface area (Å²) in [5, 5.41) is 18.2. The van der Waals surface area contributed by atoms with Gasteiger partial charge in [-0.15, -0.1) is 0 Å². The van der Waals surface area contributed by atoms with Crippen LogP contribution in [0.3, 0.4) is 0 Å². The molecule has 1 rings (SSSR count). The maximum Gasteiger partial charge on any atom is 0.0816 e. The summed E-state index contributed by atoms with van der Waals surface area (Å²) in [6.07, 6.45) is 0.588. The Labute approximate surface area is 104 Å². The zero-order chi connectivity index (χ0) is 13.1. The van der Waals surface area contributed by atoms with Crippen molar-refractivity contribution in [2.24, 2.45) is 5.41 Å². The van der Waals surface area contributed by atoms with Crippen LogP contribution in [-0.4, -0.2) is 11.7 Å². The monoisotopic (exact) mass is 231 g/mol. The molecule has 0 aliphatic heterocycles. The van der Waals surface area contributed by atoms with Crippen molar-refractivity contribution < 1.29 is 5.11 Å². The van der Waals surface area contributed by atoms with E-state index in [0.717, 1.165) is 5.56 Å². The molecule has 1 atom stereocenters. The minimum atomic E-state index is -0.677. The van der Waals surface area contributed by atoms with E-state index in [2.05, 4.69) is 39.0 Å². The SMILES string of the molecule is CC(C#N)(CO)Cc1ccc(C(C)(C)C)cc1. The fraction of sp³-hybridized carbons (Fsp3) is 0.533. The van der Waals surface area contributed by atoms with Crippen molar-refractivity contribution in [2.45, 2.75) is 39.5 Å². The molecule has 0 saturated heterocycles. The van der Waals surface area contributed by atoms with E-state index < -0.39 is 5.41 Å². The molecule has 0 aliphatic rings. The summed E-state index contributed by atoms with van der Waals surface area (Å²) >= 11 is 0. The molecule has 0 amide bonds. The third-order valence-electron chi connectivity index (χ3n) is 3.03. The molecule has 0 fully saturated rings. The van der Waals surface area contributed by atoms with Gasteiger partial charge in [-0.05, 0) is 29.9 Å². The van der Waals surface area contributed by atoms with Crippen LogP contribution in [-0.2, 0) is 11.8 Å². The van der Waals surface area contributed by atoms with Crippen molar-refractivity contribution in [1.82, 2.24) is 0 Å². The van der Waals surface area contributed by atoms with Gasteiger partial charge in [-0.2, -0.15) is 5.26 Å². The first-order chi connectivity index (χ1) is 7.80. The predicted molar refractivity (Wildman–Crippen MR) is 69.7 cm³/mol.